The Labute approximate surface area is 142 Å². The molecule has 6 N–H and O–H groups in total. The van der Waals surface area contributed by atoms with Gasteiger partial charge in [0.15, 0.2) is 0 Å². The summed E-state index contributed by atoms with van der Waals surface area (Å²) in [5.41, 5.74) is 5.34. The van der Waals surface area contributed by atoms with Crippen LogP contribution in [0.3, 0.4) is 0 Å². The zero-order chi connectivity index (χ0) is 20.7. The van der Waals surface area contributed by atoms with E-state index in [0.29, 0.717) is 0 Å². The minimum Gasteiger partial charge on any atom is -0.481 e. The number of hydrogen-bond donors (Lipinski definition) is 5. The van der Waals surface area contributed by atoms with Gasteiger partial charge in [0.1, 0.15) is 0 Å². The second kappa shape index (κ2) is 28.9. The smallest absolute Gasteiger partial charge is 0.300 e. The number of hydrogen-bond acceptors (Lipinski definition) is 6. The van der Waals surface area contributed by atoms with Crippen LogP contribution in [-0.4, -0.2) is 75.4 Å². The molecule has 0 unspecified atom stereocenters. The molecule has 10 nitrogen and oxygen atoms in total. The third kappa shape index (κ3) is 304. The summed E-state index contributed by atoms with van der Waals surface area (Å²) in [5.74, 6) is -3.33. The molecule has 0 aromatic carbocycles. The molecule has 0 aromatic rings. The van der Waals surface area contributed by atoms with Crippen LogP contribution >= 0.6 is 0 Å². The van der Waals surface area contributed by atoms with Crippen LogP contribution in [0.2, 0.25) is 0 Å². The van der Waals surface area contributed by atoms with Crippen molar-refractivity contribution in [2.75, 3.05) is 26.2 Å². The molecular weight excluding hydrogens is 324 g/mol. The monoisotopic (exact) mass is 356 g/mol. The molecule has 0 heterocycles. The highest BCUT2D eigenvalue weighted by atomic mass is 16.4. The van der Waals surface area contributed by atoms with Gasteiger partial charge in [-0.05, 0) is 13.1 Å². The summed E-state index contributed by atoms with van der Waals surface area (Å²) < 4.78 is 0. The highest BCUT2D eigenvalue weighted by Crippen LogP contribution is 1.81. The van der Waals surface area contributed by atoms with Crippen LogP contribution in [0.25, 0.3) is 0 Å². The van der Waals surface area contributed by atoms with Crippen molar-refractivity contribution in [3.8, 4) is 0 Å². The van der Waals surface area contributed by atoms with Crippen LogP contribution in [0.15, 0.2) is 0 Å². The Hall–Kier alpha value is -2.20. The molecule has 0 atom stereocenters. The molecular formula is C14H32N2O8. The summed E-state index contributed by atoms with van der Waals surface area (Å²) >= 11 is 0. The Bertz CT molecular complexity index is 254. The fourth-order valence-electron chi connectivity index (χ4n) is 0.722. The van der Waals surface area contributed by atoms with E-state index in [1.807, 2.05) is 0 Å². The maximum absolute atomic E-state index is 9.00. The average molecular weight is 356 g/mol. The van der Waals surface area contributed by atoms with Crippen LogP contribution in [0.1, 0.15) is 41.5 Å². The number of nitrogens with two attached hydrogens (primary N) is 1. The first kappa shape index (κ1) is 33.4. The minimum atomic E-state index is -0.833. The van der Waals surface area contributed by atoms with Gasteiger partial charge in [-0.3, -0.25) is 19.2 Å². The highest BCUT2D eigenvalue weighted by Gasteiger charge is 1.92. The van der Waals surface area contributed by atoms with E-state index in [-0.39, 0.29) is 0 Å². The van der Waals surface area contributed by atoms with Gasteiger partial charge in [-0.1, -0.05) is 13.8 Å². The van der Waals surface area contributed by atoms with Gasteiger partial charge in [-0.15, -0.1) is 0 Å². The molecule has 0 radical (unpaired) electrons. The molecule has 10 heteroatoms. The molecule has 146 valence electrons. The quantitative estimate of drug-likeness (QED) is 0.480. The molecule has 0 bridgehead atoms. The first-order chi connectivity index (χ1) is 10.8. The predicted molar refractivity (Wildman–Crippen MR) is 90.1 cm³/mol. The normalized spacial score (nSPS) is 7.67. The largest absolute Gasteiger partial charge is 0.481 e. The van der Waals surface area contributed by atoms with Crippen molar-refractivity contribution in [2.24, 2.45) is 5.73 Å². The van der Waals surface area contributed by atoms with E-state index >= 15 is 0 Å². The van der Waals surface area contributed by atoms with E-state index < -0.39 is 23.9 Å². The zero-order valence-electron chi connectivity index (χ0n) is 15.3. The van der Waals surface area contributed by atoms with Gasteiger partial charge in [0.25, 0.3) is 23.9 Å². The summed E-state index contributed by atoms with van der Waals surface area (Å²) in [4.78, 5) is 38.3. The van der Waals surface area contributed by atoms with Gasteiger partial charge in [0.2, 0.25) is 0 Å². The Kier molecular flexibility index (Phi) is 40.2. The van der Waals surface area contributed by atoms with E-state index in [9.17, 15) is 0 Å². The number of nitrogens with zero attached hydrogens (tertiary/aromatic N) is 1. The van der Waals surface area contributed by atoms with Gasteiger partial charge in [-0.2, -0.15) is 0 Å². The molecule has 0 aromatic heterocycles. The predicted octanol–water partition coefficient (Wildman–Crippen LogP) is 0.651. The summed E-state index contributed by atoms with van der Waals surface area (Å²) in [6, 6.07) is 0. The Morgan fingerprint density at radius 3 is 0.917 bits per heavy atom. The number of rotatable bonds is 4. The van der Waals surface area contributed by atoms with Crippen LogP contribution < -0.4 is 5.73 Å². The van der Waals surface area contributed by atoms with E-state index in [4.69, 9.17) is 45.3 Å². The van der Waals surface area contributed by atoms with Crippen molar-refractivity contribution in [3.63, 3.8) is 0 Å². The molecule has 0 aliphatic heterocycles. The molecule has 0 spiro atoms. The lowest BCUT2D eigenvalue weighted by Crippen LogP contribution is -2.28. The first-order valence-electron chi connectivity index (χ1n) is 6.98. The van der Waals surface area contributed by atoms with Crippen LogP contribution in [0.4, 0.5) is 0 Å². The molecule has 0 rings (SSSR count). The summed E-state index contributed by atoms with van der Waals surface area (Å²) in [5, 5.41) is 29.7. The molecule has 0 fully saturated rings. The van der Waals surface area contributed by atoms with E-state index in [1.54, 1.807) is 0 Å². The Morgan fingerprint density at radius 2 is 0.875 bits per heavy atom. The number of carboxylic acids is 4. The molecule has 0 saturated carbocycles. The Morgan fingerprint density at radius 1 is 0.708 bits per heavy atom. The number of carbonyl (C=O) groups is 4. The summed E-state index contributed by atoms with van der Waals surface area (Å²) in [6.07, 6.45) is 0. The molecule has 0 amide bonds. The molecule has 0 aliphatic rings. The molecule has 0 saturated heterocycles. The summed E-state index contributed by atoms with van der Waals surface area (Å²) in [7, 11) is 0. The first-order valence-corrected chi connectivity index (χ1v) is 6.98. The lowest BCUT2D eigenvalue weighted by Gasteiger charge is -2.15. The van der Waals surface area contributed by atoms with Gasteiger partial charge >= 0.3 is 0 Å². The number of carboxylic acid groups (broad SMARTS) is 4. The fourth-order valence-corrected chi connectivity index (χ4v) is 0.722. The SMILES string of the molecule is CC(=O)O.CC(=O)O.CC(=O)O.CC(=O)O.CCN(CC)CCN. The van der Waals surface area contributed by atoms with Crippen molar-refractivity contribution in [3.05, 3.63) is 0 Å². The minimum absolute atomic E-state index is 0.779. The van der Waals surface area contributed by atoms with E-state index in [2.05, 4.69) is 18.7 Å². The van der Waals surface area contributed by atoms with Crippen molar-refractivity contribution >= 4 is 23.9 Å². The zero-order valence-corrected chi connectivity index (χ0v) is 15.3. The summed E-state index contributed by atoms with van der Waals surface area (Å²) in [6.45, 7) is 12.7. The standard InChI is InChI=1S/C6H16N2.4C2H4O2/c1-3-8(4-2)6-5-7;4*1-2(3)4/h3-7H2,1-2H3;4*1H3,(H,3,4). The van der Waals surface area contributed by atoms with Crippen molar-refractivity contribution in [1.29, 1.82) is 0 Å². The van der Waals surface area contributed by atoms with Crippen molar-refractivity contribution < 1.29 is 39.6 Å². The van der Waals surface area contributed by atoms with Crippen LogP contribution in [0.5, 0.6) is 0 Å². The van der Waals surface area contributed by atoms with Gasteiger partial charge in [0.05, 0.1) is 0 Å². The highest BCUT2D eigenvalue weighted by molar-refractivity contribution is 5.63. The lowest BCUT2D eigenvalue weighted by atomic mass is 10.5. The number of likely N-dealkylation sites (N-methyl/N-ethyl adjacent to an activating group) is 1. The third-order valence-corrected chi connectivity index (χ3v) is 1.34. The number of aliphatic carboxylic acids is 4. The Balaban J connectivity index is -0.0000000657. The van der Waals surface area contributed by atoms with E-state index in [1.165, 1.54) is 0 Å². The van der Waals surface area contributed by atoms with Gasteiger partial charge < -0.3 is 31.1 Å². The van der Waals surface area contributed by atoms with E-state index in [0.717, 1.165) is 53.9 Å². The molecule has 24 heavy (non-hydrogen) atoms. The topological polar surface area (TPSA) is 178 Å². The fraction of sp³-hybridized carbons (Fsp3) is 0.714. The van der Waals surface area contributed by atoms with Gasteiger partial charge in [0, 0.05) is 40.8 Å². The van der Waals surface area contributed by atoms with Crippen LogP contribution in [-0.2, 0) is 19.2 Å². The van der Waals surface area contributed by atoms with Gasteiger partial charge in [-0.25, -0.2) is 0 Å². The van der Waals surface area contributed by atoms with Crippen molar-refractivity contribution in [2.45, 2.75) is 41.5 Å². The van der Waals surface area contributed by atoms with Crippen LogP contribution in [0, 0.1) is 0 Å². The second-order valence-corrected chi connectivity index (χ2v) is 3.89. The average Bonchev–Trinajstić information content (AvgIpc) is 2.33. The molecule has 0 aliphatic carbocycles. The maximum atomic E-state index is 9.00. The second-order valence-electron chi connectivity index (χ2n) is 3.89. The van der Waals surface area contributed by atoms with Crippen molar-refractivity contribution in [1.82, 2.24) is 4.90 Å². The third-order valence-electron chi connectivity index (χ3n) is 1.34. The lowest BCUT2D eigenvalue weighted by molar-refractivity contribution is -0.135. The maximum Gasteiger partial charge on any atom is 0.300 e.